The Morgan fingerprint density at radius 1 is 1.40 bits per heavy atom. The number of thioether (sulfide) groups is 2. The minimum absolute atomic E-state index is 0. The summed E-state index contributed by atoms with van der Waals surface area (Å²) in [7, 11) is 0. The van der Waals surface area contributed by atoms with Crippen LogP contribution in [0.15, 0.2) is 9.81 Å². The van der Waals surface area contributed by atoms with E-state index in [-0.39, 0.29) is 13.2 Å². The summed E-state index contributed by atoms with van der Waals surface area (Å²) in [6.07, 6.45) is 0. The van der Waals surface area contributed by atoms with Crippen LogP contribution in [-0.4, -0.2) is 10.9 Å². The van der Waals surface area contributed by atoms with Crippen LogP contribution in [0.5, 0.6) is 0 Å². The van der Waals surface area contributed by atoms with Crippen molar-refractivity contribution < 1.29 is 4.79 Å². The molecule has 0 bridgehead atoms. The van der Waals surface area contributed by atoms with E-state index in [9.17, 15) is 4.79 Å². The van der Waals surface area contributed by atoms with Crippen LogP contribution in [0.2, 0.25) is 0 Å². The Hall–Kier alpha value is 0.110. The first-order valence-corrected chi connectivity index (χ1v) is 4.66. The molecule has 3 heteroatoms. The van der Waals surface area contributed by atoms with Crippen LogP contribution >= 0.6 is 23.5 Å². The first-order valence-electron chi connectivity index (χ1n) is 2.69. The standard InChI is InChI=1S/C6H8OS2.CH4/c1-4(5(2)7)6-8-3-9-6;/h3H2,1-2H3;1H4. The summed E-state index contributed by atoms with van der Waals surface area (Å²) in [6.45, 7) is 3.50. The van der Waals surface area contributed by atoms with Crippen LogP contribution in [0, 0.1) is 0 Å². The van der Waals surface area contributed by atoms with Gasteiger partial charge in [0.05, 0.1) is 0 Å². The summed E-state index contributed by atoms with van der Waals surface area (Å²) in [5.74, 6) is 0.199. The number of Topliss-reactive ketones (excluding diaryl/α,β-unsaturated/α-hetero) is 1. The van der Waals surface area contributed by atoms with Crippen molar-refractivity contribution >= 4 is 29.3 Å². The van der Waals surface area contributed by atoms with Gasteiger partial charge in [-0.05, 0) is 13.8 Å². The Labute approximate surface area is 70.6 Å². The first-order chi connectivity index (χ1) is 4.22. The molecule has 1 nitrogen and oxygen atoms in total. The molecule has 0 atom stereocenters. The molecule has 1 fully saturated rings. The molecule has 0 N–H and O–H groups in total. The van der Waals surface area contributed by atoms with E-state index < -0.39 is 0 Å². The van der Waals surface area contributed by atoms with Crippen molar-refractivity contribution in [2.75, 3.05) is 5.08 Å². The van der Waals surface area contributed by atoms with Crippen LogP contribution in [0.3, 0.4) is 0 Å². The number of allylic oxidation sites excluding steroid dienone is 1. The van der Waals surface area contributed by atoms with Gasteiger partial charge in [0.25, 0.3) is 0 Å². The van der Waals surface area contributed by atoms with Gasteiger partial charge in [0, 0.05) is 14.9 Å². The average Bonchev–Trinajstić information content (AvgIpc) is 1.60. The van der Waals surface area contributed by atoms with Gasteiger partial charge in [0.15, 0.2) is 5.78 Å². The molecule has 0 spiro atoms. The third kappa shape index (κ3) is 2.06. The number of carbonyl (C=O) groups is 1. The van der Waals surface area contributed by atoms with Gasteiger partial charge < -0.3 is 0 Å². The number of hydrogen-bond acceptors (Lipinski definition) is 3. The molecule has 0 aliphatic carbocycles. The summed E-state index contributed by atoms with van der Waals surface area (Å²) in [6, 6.07) is 0. The Bertz CT molecular complexity index is 166. The molecule has 10 heavy (non-hydrogen) atoms. The third-order valence-corrected chi connectivity index (χ3v) is 4.00. The molecule has 0 aromatic rings. The molecule has 1 saturated heterocycles. The molecule has 0 unspecified atom stereocenters. The van der Waals surface area contributed by atoms with Gasteiger partial charge in [0.2, 0.25) is 0 Å². The molecule has 0 aromatic heterocycles. The number of hydrogen-bond donors (Lipinski definition) is 0. The zero-order valence-corrected chi connectivity index (χ0v) is 7.06. The summed E-state index contributed by atoms with van der Waals surface area (Å²) >= 11 is 3.53. The molecular weight excluding hydrogens is 164 g/mol. The van der Waals surface area contributed by atoms with Crippen LogP contribution < -0.4 is 0 Å². The van der Waals surface area contributed by atoms with E-state index in [1.54, 1.807) is 30.4 Å². The maximum atomic E-state index is 10.7. The quantitative estimate of drug-likeness (QED) is 0.572. The lowest BCUT2D eigenvalue weighted by Crippen LogP contribution is -1.98. The van der Waals surface area contributed by atoms with Crippen molar-refractivity contribution in [3.63, 3.8) is 0 Å². The molecule has 1 heterocycles. The summed E-state index contributed by atoms with van der Waals surface area (Å²) in [5, 5.41) is 1.11. The molecule has 0 amide bonds. The Morgan fingerprint density at radius 3 is 2.00 bits per heavy atom. The molecule has 1 rings (SSSR count). The van der Waals surface area contributed by atoms with Crippen molar-refractivity contribution in [1.82, 2.24) is 0 Å². The highest BCUT2D eigenvalue weighted by Gasteiger charge is 2.15. The third-order valence-electron chi connectivity index (χ3n) is 1.21. The number of rotatable bonds is 1. The lowest BCUT2D eigenvalue weighted by Gasteiger charge is -2.16. The zero-order chi connectivity index (χ0) is 6.85. The second kappa shape index (κ2) is 4.09. The lowest BCUT2D eigenvalue weighted by molar-refractivity contribution is -0.113. The van der Waals surface area contributed by atoms with Gasteiger partial charge >= 0.3 is 0 Å². The monoisotopic (exact) mass is 176 g/mol. The van der Waals surface area contributed by atoms with E-state index in [0.717, 1.165) is 10.7 Å². The molecule has 1 aliphatic rings. The van der Waals surface area contributed by atoms with E-state index in [2.05, 4.69) is 0 Å². The molecule has 1 aliphatic heterocycles. The van der Waals surface area contributed by atoms with E-state index in [1.807, 2.05) is 6.92 Å². The molecule has 58 valence electrons. The van der Waals surface area contributed by atoms with Crippen LogP contribution in [0.1, 0.15) is 21.3 Å². The maximum absolute atomic E-state index is 10.7. The fourth-order valence-corrected chi connectivity index (χ4v) is 2.14. The largest absolute Gasteiger partial charge is 0.295 e. The first kappa shape index (κ1) is 10.1. The van der Waals surface area contributed by atoms with Gasteiger partial charge in [-0.1, -0.05) is 7.43 Å². The van der Waals surface area contributed by atoms with Gasteiger partial charge in [-0.15, -0.1) is 23.5 Å². The SMILES string of the molecule is C.CC(=O)C(C)=C1SCS1. The van der Waals surface area contributed by atoms with Gasteiger partial charge in [0.1, 0.15) is 0 Å². The Kier molecular flexibility index (Phi) is 4.13. The van der Waals surface area contributed by atoms with Crippen molar-refractivity contribution in [2.45, 2.75) is 21.3 Å². The second-order valence-electron chi connectivity index (χ2n) is 1.88. The summed E-state index contributed by atoms with van der Waals surface area (Å²) < 4.78 is 1.21. The Morgan fingerprint density at radius 2 is 1.90 bits per heavy atom. The summed E-state index contributed by atoms with van der Waals surface area (Å²) in [5.41, 5.74) is 0.927. The topological polar surface area (TPSA) is 17.1 Å². The fraction of sp³-hybridized carbons (Fsp3) is 0.571. The van der Waals surface area contributed by atoms with E-state index in [0.29, 0.717) is 0 Å². The average molecular weight is 176 g/mol. The van der Waals surface area contributed by atoms with Crippen molar-refractivity contribution in [2.24, 2.45) is 0 Å². The van der Waals surface area contributed by atoms with Crippen LogP contribution in [0.25, 0.3) is 0 Å². The summed E-state index contributed by atoms with van der Waals surface area (Å²) in [4.78, 5) is 10.7. The van der Waals surface area contributed by atoms with Crippen molar-refractivity contribution in [3.8, 4) is 0 Å². The lowest BCUT2D eigenvalue weighted by atomic mass is 10.2. The minimum atomic E-state index is 0. The smallest absolute Gasteiger partial charge is 0.157 e. The molecule has 0 saturated carbocycles. The van der Waals surface area contributed by atoms with Crippen molar-refractivity contribution in [3.05, 3.63) is 9.81 Å². The highest BCUT2D eigenvalue weighted by Crippen LogP contribution is 2.45. The van der Waals surface area contributed by atoms with E-state index >= 15 is 0 Å². The predicted molar refractivity (Wildman–Crippen MR) is 50.2 cm³/mol. The second-order valence-corrected chi connectivity index (χ2v) is 4.47. The van der Waals surface area contributed by atoms with Crippen LogP contribution in [0.4, 0.5) is 0 Å². The maximum Gasteiger partial charge on any atom is 0.157 e. The molecule has 0 aromatic carbocycles. The highest BCUT2D eigenvalue weighted by atomic mass is 32.3. The fourth-order valence-electron chi connectivity index (χ4n) is 0.478. The van der Waals surface area contributed by atoms with Crippen molar-refractivity contribution in [1.29, 1.82) is 0 Å². The number of carbonyl (C=O) groups excluding carboxylic acids is 1. The minimum Gasteiger partial charge on any atom is -0.295 e. The zero-order valence-electron chi connectivity index (χ0n) is 5.43. The van der Waals surface area contributed by atoms with E-state index in [1.165, 1.54) is 4.24 Å². The van der Waals surface area contributed by atoms with Gasteiger partial charge in [-0.25, -0.2) is 0 Å². The normalized spacial score (nSPS) is 15.2. The van der Waals surface area contributed by atoms with E-state index in [4.69, 9.17) is 0 Å². The molecular formula is C7H12OS2. The number of ketones is 1. The Balaban J connectivity index is 0.000000810. The highest BCUT2D eigenvalue weighted by molar-refractivity contribution is 8.37. The molecule has 0 radical (unpaired) electrons. The van der Waals surface area contributed by atoms with Crippen LogP contribution in [-0.2, 0) is 4.79 Å². The van der Waals surface area contributed by atoms with Gasteiger partial charge in [-0.2, -0.15) is 0 Å². The van der Waals surface area contributed by atoms with Gasteiger partial charge in [-0.3, -0.25) is 4.79 Å². The predicted octanol–water partition coefficient (Wildman–Crippen LogP) is 2.88.